The van der Waals surface area contributed by atoms with Crippen LogP contribution in [0.25, 0.3) is 0 Å². The molecule has 0 unspecified atom stereocenters. The Morgan fingerprint density at radius 2 is 2.19 bits per heavy atom. The van der Waals surface area contributed by atoms with Crippen molar-refractivity contribution in [1.29, 1.82) is 0 Å². The summed E-state index contributed by atoms with van der Waals surface area (Å²) in [6, 6.07) is 10.1. The summed E-state index contributed by atoms with van der Waals surface area (Å²) in [6.45, 7) is 1.69. The first-order chi connectivity index (χ1) is 9.84. The monoisotopic (exact) mass is 322 g/mol. The van der Waals surface area contributed by atoms with Crippen LogP contribution in [0.3, 0.4) is 0 Å². The summed E-state index contributed by atoms with van der Waals surface area (Å²) in [6.07, 6.45) is 2.97. The van der Waals surface area contributed by atoms with E-state index in [-0.39, 0.29) is 18.3 Å². The summed E-state index contributed by atoms with van der Waals surface area (Å²) in [5, 5.41) is 8.45. The van der Waals surface area contributed by atoms with Crippen LogP contribution in [0.2, 0.25) is 0 Å². The van der Waals surface area contributed by atoms with Gasteiger partial charge in [0.1, 0.15) is 0 Å². The number of carbonyl (C=O) groups excluding carboxylic acids is 1. The smallest absolute Gasteiger partial charge is 0.251 e. The summed E-state index contributed by atoms with van der Waals surface area (Å²) in [7, 11) is 0. The molecule has 1 aromatic carbocycles. The quantitative estimate of drug-likeness (QED) is 0.904. The number of thiophene rings is 1. The Morgan fingerprint density at radius 3 is 3.00 bits per heavy atom. The molecule has 0 radical (unpaired) electrons. The lowest BCUT2D eigenvalue weighted by atomic mass is 9.97. The van der Waals surface area contributed by atoms with Gasteiger partial charge in [0.2, 0.25) is 0 Å². The first-order valence-electron chi connectivity index (χ1n) is 7.01. The topological polar surface area (TPSA) is 41.1 Å². The Labute approximate surface area is 135 Å². The minimum absolute atomic E-state index is 0. The van der Waals surface area contributed by atoms with Gasteiger partial charge in [0.15, 0.2) is 0 Å². The van der Waals surface area contributed by atoms with Crippen LogP contribution >= 0.6 is 23.7 Å². The van der Waals surface area contributed by atoms with Gasteiger partial charge in [0.25, 0.3) is 5.91 Å². The summed E-state index contributed by atoms with van der Waals surface area (Å²) in [5.41, 5.74) is 3.09. The van der Waals surface area contributed by atoms with E-state index in [1.165, 1.54) is 4.88 Å². The van der Waals surface area contributed by atoms with Gasteiger partial charge >= 0.3 is 0 Å². The first kappa shape index (κ1) is 15.9. The summed E-state index contributed by atoms with van der Waals surface area (Å²) < 4.78 is 0. The Hall–Kier alpha value is -1.52. The van der Waals surface area contributed by atoms with Crippen molar-refractivity contribution >= 4 is 35.3 Å². The third-order valence-corrected chi connectivity index (χ3v) is 4.51. The van der Waals surface area contributed by atoms with Gasteiger partial charge in [-0.2, -0.15) is 0 Å². The molecular formula is C16H19ClN2OS. The molecule has 112 valence electrons. The predicted octanol–water partition coefficient (Wildman–Crippen LogP) is 3.50. The molecule has 3 nitrogen and oxygen atoms in total. The zero-order valence-electron chi connectivity index (χ0n) is 11.7. The molecule has 2 heterocycles. The van der Waals surface area contributed by atoms with Crippen LogP contribution in [-0.2, 0) is 12.8 Å². The highest BCUT2D eigenvalue weighted by atomic mass is 35.5. The van der Waals surface area contributed by atoms with Crippen molar-refractivity contribution in [3.63, 3.8) is 0 Å². The van der Waals surface area contributed by atoms with E-state index in [4.69, 9.17) is 0 Å². The molecule has 1 aliphatic heterocycles. The second-order valence-corrected chi connectivity index (χ2v) is 5.98. The normalized spacial score (nSPS) is 12.8. The van der Waals surface area contributed by atoms with E-state index in [0.717, 1.165) is 42.6 Å². The highest BCUT2D eigenvalue weighted by Gasteiger charge is 2.16. The van der Waals surface area contributed by atoms with Crippen molar-refractivity contribution in [3.8, 4) is 0 Å². The maximum absolute atomic E-state index is 12.3. The van der Waals surface area contributed by atoms with Gasteiger partial charge in [0, 0.05) is 29.2 Å². The van der Waals surface area contributed by atoms with E-state index < -0.39 is 0 Å². The third-order valence-electron chi connectivity index (χ3n) is 3.58. The molecule has 5 heteroatoms. The highest BCUT2D eigenvalue weighted by molar-refractivity contribution is 7.09. The van der Waals surface area contributed by atoms with E-state index in [2.05, 4.69) is 28.1 Å². The van der Waals surface area contributed by atoms with Crippen LogP contribution in [0.5, 0.6) is 0 Å². The molecule has 3 rings (SSSR count). The highest BCUT2D eigenvalue weighted by Crippen LogP contribution is 2.25. The van der Waals surface area contributed by atoms with E-state index in [1.54, 1.807) is 11.3 Å². The Morgan fingerprint density at radius 1 is 1.29 bits per heavy atom. The molecule has 0 spiro atoms. The van der Waals surface area contributed by atoms with Crippen LogP contribution in [0.1, 0.15) is 27.2 Å². The molecule has 1 aromatic heterocycles. The molecule has 21 heavy (non-hydrogen) atoms. The van der Waals surface area contributed by atoms with E-state index in [9.17, 15) is 4.79 Å². The Balaban J connectivity index is 0.00000161. The third kappa shape index (κ3) is 3.77. The number of halogens is 1. The minimum atomic E-state index is 0. The van der Waals surface area contributed by atoms with Gasteiger partial charge in [-0.25, -0.2) is 0 Å². The zero-order chi connectivity index (χ0) is 13.8. The summed E-state index contributed by atoms with van der Waals surface area (Å²) in [5.74, 6) is 0.0436. The molecule has 2 N–H and O–H groups in total. The van der Waals surface area contributed by atoms with Crippen molar-refractivity contribution in [1.82, 2.24) is 5.32 Å². The van der Waals surface area contributed by atoms with Gasteiger partial charge in [0.05, 0.1) is 0 Å². The summed E-state index contributed by atoms with van der Waals surface area (Å²) in [4.78, 5) is 13.6. The number of hydrogen-bond acceptors (Lipinski definition) is 3. The van der Waals surface area contributed by atoms with Gasteiger partial charge < -0.3 is 10.6 Å². The van der Waals surface area contributed by atoms with E-state index in [0.29, 0.717) is 6.54 Å². The first-order valence-corrected chi connectivity index (χ1v) is 7.89. The number of rotatable bonds is 4. The number of amides is 1. The fourth-order valence-electron chi connectivity index (χ4n) is 2.57. The van der Waals surface area contributed by atoms with Crippen LogP contribution < -0.4 is 10.6 Å². The lowest BCUT2D eigenvalue weighted by Crippen LogP contribution is -2.27. The van der Waals surface area contributed by atoms with Crippen LogP contribution in [0, 0.1) is 0 Å². The van der Waals surface area contributed by atoms with Crippen LogP contribution in [-0.4, -0.2) is 19.0 Å². The summed E-state index contributed by atoms with van der Waals surface area (Å²) >= 11 is 1.73. The second-order valence-electron chi connectivity index (χ2n) is 4.95. The molecule has 0 atom stereocenters. The van der Waals surface area contributed by atoms with Crippen LogP contribution in [0.15, 0.2) is 35.7 Å². The van der Waals surface area contributed by atoms with Gasteiger partial charge in [-0.3, -0.25) is 4.79 Å². The van der Waals surface area contributed by atoms with Crippen molar-refractivity contribution in [2.45, 2.75) is 19.3 Å². The fraction of sp³-hybridized carbons (Fsp3) is 0.312. The molecule has 1 amide bonds. The van der Waals surface area contributed by atoms with E-state index in [1.807, 2.05) is 18.2 Å². The van der Waals surface area contributed by atoms with Gasteiger partial charge in [-0.1, -0.05) is 12.1 Å². The van der Waals surface area contributed by atoms with Crippen molar-refractivity contribution in [2.24, 2.45) is 0 Å². The Bertz CT molecular complexity index is 598. The van der Waals surface area contributed by atoms with Crippen molar-refractivity contribution < 1.29 is 4.79 Å². The second kappa shape index (κ2) is 7.48. The SMILES string of the molecule is Cl.O=C(NCCc1cccs1)c1cccc2c1CCCN2. The molecular weight excluding hydrogens is 304 g/mol. The number of nitrogens with one attached hydrogen (secondary N) is 2. The maximum atomic E-state index is 12.3. The largest absolute Gasteiger partial charge is 0.385 e. The van der Waals surface area contributed by atoms with Gasteiger partial charge in [-0.15, -0.1) is 23.7 Å². The van der Waals surface area contributed by atoms with E-state index >= 15 is 0 Å². The standard InChI is InChI=1S/C16H18N2OS.ClH/c19-16(18-10-8-12-4-3-11-20-12)14-5-1-7-15-13(14)6-2-9-17-15;/h1,3-5,7,11,17H,2,6,8-10H2,(H,18,19);1H. The average molecular weight is 323 g/mol. The minimum Gasteiger partial charge on any atom is -0.385 e. The number of anilines is 1. The lowest BCUT2D eigenvalue weighted by Gasteiger charge is -2.20. The predicted molar refractivity (Wildman–Crippen MR) is 90.9 cm³/mol. The molecule has 1 aliphatic rings. The number of carbonyl (C=O) groups is 1. The molecule has 0 aliphatic carbocycles. The number of fused-ring (bicyclic) bond motifs is 1. The fourth-order valence-corrected chi connectivity index (χ4v) is 3.28. The van der Waals surface area contributed by atoms with Crippen molar-refractivity contribution in [2.75, 3.05) is 18.4 Å². The molecule has 0 bridgehead atoms. The Kier molecular flexibility index (Phi) is 5.65. The molecule has 0 saturated carbocycles. The molecule has 0 saturated heterocycles. The zero-order valence-corrected chi connectivity index (χ0v) is 13.4. The number of benzene rings is 1. The number of hydrogen-bond donors (Lipinski definition) is 2. The van der Waals surface area contributed by atoms with Crippen molar-refractivity contribution in [3.05, 3.63) is 51.7 Å². The molecule has 0 fully saturated rings. The maximum Gasteiger partial charge on any atom is 0.251 e. The molecule has 2 aromatic rings. The van der Waals surface area contributed by atoms with Crippen LogP contribution in [0.4, 0.5) is 5.69 Å². The lowest BCUT2D eigenvalue weighted by molar-refractivity contribution is 0.0953. The van der Waals surface area contributed by atoms with Gasteiger partial charge in [-0.05, 0) is 48.4 Å². The average Bonchev–Trinajstić information content (AvgIpc) is 3.00.